The molecule has 1 aliphatic rings. The van der Waals surface area contributed by atoms with E-state index in [1.165, 1.54) is 7.11 Å². The molecule has 0 saturated carbocycles. The Morgan fingerprint density at radius 2 is 2.05 bits per heavy atom. The van der Waals surface area contributed by atoms with Gasteiger partial charge in [0.1, 0.15) is 6.10 Å². The third-order valence-electron chi connectivity index (χ3n) is 2.93. The molecule has 1 aromatic rings. The van der Waals surface area contributed by atoms with Crippen LogP contribution in [-0.4, -0.2) is 44.3 Å². The number of sulfone groups is 1. The van der Waals surface area contributed by atoms with Crippen molar-refractivity contribution < 1.29 is 23.0 Å². The fraction of sp³-hybridized carbons (Fsp3) is 0.538. The maximum atomic E-state index is 11.1. The minimum atomic E-state index is -2.89. The normalized spacial score (nSPS) is 19.5. The van der Waals surface area contributed by atoms with Crippen LogP contribution in [0.2, 0.25) is 0 Å². The van der Waals surface area contributed by atoms with Gasteiger partial charge in [0.05, 0.1) is 24.7 Å². The van der Waals surface area contributed by atoms with Crippen LogP contribution >= 0.6 is 0 Å². The predicted molar refractivity (Wildman–Crippen MR) is 71.4 cm³/mol. The zero-order chi connectivity index (χ0) is 14.0. The Morgan fingerprint density at radius 3 is 2.58 bits per heavy atom. The van der Waals surface area contributed by atoms with E-state index in [0.29, 0.717) is 17.9 Å². The molecule has 0 radical (unpaired) electrons. The van der Waals surface area contributed by atoms with Crippen molar-refractivity contribution in [2.75, 3.05) is 18.6 Å². The Labute approximate surface area is 113 Å². The summed E-state index contributed by atoms with van der Waals surface area (Å²) in [6.07, 6.45) is -0.177. The molecule has 1 aliphatic heterocycles. The summed E-state index contributed by atoms with van der Waals surface area (Å²) >= 11 is 0. The summed E-state index contributed by atoms with van der Waals surface area (Å²) in [4.78, 5) is 0. The second-order valence-electron chi connectivity index (χ2n) is 4.86. The van der Waals surface area contributed by atoms with E-state index < -0.39 is 15.9 Å². The summed E-state index contributed by atoms with van der Waals surface area (Å²) in [6.45, 7) is 1.72. The average molecular weight is 286 g/mol. The molecule has 1 fully saturated rings. The maximum absolute atomic E-state index is 11.1. The lowest BCUT2D eigenvalue weighted by Gasteiger charge is -2.27. The van der Waals surface area contributed by atoms with Crippen LogP contribution in [0.1, 0.15) is 12.5 Å². The van der Waals surface area contributed by atoms with E-state index in [-0.39, 0.29) is 17.6 Å². The Bertz CT molecular complexity index is 538. The summed E-state index contributed by atoms with van der Waals surface area (Å²) in [5.74, 6) is 1.22. The quantitative estimate of drug-likeness (QED) is 0.866. The molecule has 5 nitrogen and oxygen atoms in total. The molecule has 0 bridgehead atoms. The zero-order valence-electron chi connectivity index (χ0n) is 11.0. The topological polar surface area (TPSA) is 72.8 Å². The van der Waals surface area contributed by atoms with Crippen LogP contribution in [0.4, 0.5) is 0 Å². The van der Waals surface area contributed by atoms with Gasteiger partial charge in [0.2, 0.25) is 0 Å². The smallest absolute Gasteiger partial charge is 0.161 e. The van der Waals surface area contributed by atoms with E-state index in [0.717, 1.165) is 5.56 Å². The van der Waals surface area contributed by atoms with Crippen LogP contribution in [0.15, 0.2) is 18.2 Å². The molecule has 6 heteroatoms. The van der Waals surface area contributed by atoms with Crippen molar-refractivity contribution in [2.45, 2.75) is 25.6 Å². The van der Waals surface area contributed by atoms with E-state index in [9.17, 15) is 13.5 Å². The lowest BCUT2D eigenvalue weighted by atomic mass is 10.1. The number of rotatable bonds is 5. The lowest BCUT2D eigenvalue weighted by molar-refractivity contribution is 0.195. The first-order valence-corrected chi connectivity index (χ1v) is 7.94. The maximum Gasteiger partial charge on any atom is 0.161 e. The van der Waals surface area contributed by atoms with Crippen molar-refractivity contribution >= 4 is 9.84 Å². The predicted octanol–water partition coefficient (Wildman–Crippen LogP) is 0.794. The SMILES string of the molecule is COc1cc(CC(C)O)ccc1OC1CS(=O)(=O)C1. The van der Waals surface area contributed by atoms with Crippen molar-refractivity contribution in [3.63, 3.8) is 0 Å². The van der Waals surface area contributed by atoms with E-state index in [1.54, 1.807) is 19.1 Å². The number of hydrogen-bond acceptors (Lipinski definition) is 5. The molecule has 1 aromatic carbocycles. The van der Waals surface area contributed by atoms with Gasteiger partial charge in [0.15, 0.2) is 21.3 Å². The van der Waals surface area contributed by atoms with Gasteiger partial charge in [0.25, 0.3) is 0 Å². The molecule has 1 saturated heterocycles. The summed E-state index contributed by atoms with van der Waals surface area (Å²) in [5.41, 5.74) is 0.945. The van der Waals surface area contributed by atoms with Gasteiger partial charge in [-0.25, -0.2) is 8.42 Å². The monoisotopic (exact) mass is 286 g/mol. The highest BCUT2D eigenvalue weighted by molar-refractivity contribution is 7.92. The van der Waals surface area contributed by atoms with E-state index in [2.05, 4.69) is 0 Å². The highest BCUT2D eigenvalue weighted by Gasteiger charge is 2.35. The zero-order valence-corrected chi connectivity index (χ0v) is 11.8. The average Bonchev–Trinajstić information content (AvgIpc) is 2.27. The largest absolute Gasteiger partial charge is 0.493 e. The molecule has 0 spiro atoms. The second kappa shape index (κ2) is 5.38. The van der Waals surface area contributed by atoms with E-state index >= 15 is 0 Å². The van der Waals surface area contributed by atoms with Crippen LogP contribution in [0.5, 0.6) is 11.5 Å². The fourth-order valence-electron chi connectivity index (χ4n) is 2.04. The van der Waals surface area contributed by atoms with Crippen molar-refractivity contribution in [1.29, 1.82) is 0 Å². The van der Waals surface area contributed by atoms with Gasteiger partial charge in [-0.1, -0.05) is 6.07 Å². The first-order chi connectivity index (χ1) is 8.89. The summed E-state index contributed by atoms with van der Waals surface area (Å²) in [5, 5.41) is 9.35. The number of methoxy groups -OCH3 is 1. The van der Waals surface area contributed by atoms with Crippen LogP contribution in [0, 0.1) is 0 Å². The van der Waals surface area contributed by atoms with Crippen molar-refractivity contribution in [3.05, 3.63) is 23.8 Å². The lowest BCUT2D eigenvalue weighted by Crippen LogP contribution is -2.45. The minimum Gasteiger partial charge on any atom is -0.493 e. The molecule has 1 N–H and O–H groups in total. The third kappa shape index (κ3) is 3.61. The van der Waals surface area contributed by atoms with Crippen molar-refractivity contribution in [2.24, 2.45) is 0 Å². The molecule has 1 atom stereocenters. The highest BCUT2D eigenvalue weighted by Crippen LogP contribution is 2.31. The summed E-state index contributed by atoms with van der Waals surface area (Å²) in [7, 11) is -1.36. The van der Waals surface area contributed by atoms with Crippen LogP contribution in [0.25, 0.3) is 0 Å². The van der Waals surface area contributed by atoms with Gasteiger partial charge in [-0.3, -0.25) is 0 Å². The Hall–Kier alpha value is -1.27. The van der Waals surface area contributed by atoms with Crippen molar-refractivity contribution in [1.82, 2.24) is 0 Å². The van der Waals surface area contributed by atoms with Gasteiger partial charge in [-0.15, -0.1) is 0 Å². The summed E-state index contributed by atoms with van der Waals surface area (Å²) < 4.78 is 33.0. The van der Waals surface area contributed by atoms with Gasteiger partial charge in [-0.05, 0) is 31.0 Å². The number of benzene rings is 1. The molecule has 0 aromatic heterocycles. The number of hydrogen-bond donors (Lipinski definition) is 1. The van der Waals surface area contributed by atoms with Crippen LogP contribution in [-0.2, 0) is 16.3 Å². The van der Waals surface area contributed by atoms with Crippen LogP contribution < -0.4 is 9.47 Å². The molecule has 2 rings (SSSR count). The molecule has 0 aliphatic carbocycles. The summed E-state index contributed by atoms with van der Waals surface area (Å²) in [6, 6.07) is 5.40. The van der Waals surface area contributed by atoms with Gasteiger partial charge < -0.3 is 14.6 Å². The molecular formula is C13H18O5S. The van der Waals surface area contributed by atoms with Gasteiger partial charge in [-0.2, -0.15) is 0 Å². The van der Waals surface area contributed by atoms with Gasteiger partial charge in [0, 0.05) is 0 Å². The number of aliphatic hydroxyl groups excluding tert-OH is 1. The molecule has 19 heavy (non-hydrogen) atoms. The molecule has 0 amide bonds. The fourth-order valence-corrected chi connectivity index (χ4v) is 3.21. The molecule has 1 unspecified atom stereocenters. The number of aliphatic hydroxyl groups is 1. The minimum absolute atomic E-state index is 0.0611. The van der Waals surface area contributed by atoms with E-state index in [1.807, 2.05) is 6.07 Å². The van der Waals surface area contributed by atoms with Gasteiger partial charge >= 0.3 is 0 Å². The second-order valence-corrected chi connectivity index (χ2v) is 7.01. The molecule has 106 valence electrons. The Balaban J connectivity index is 2.08. The third-order valence-corrected chi connectivity index (χ3v) is 4.69. The Morgan fingerprint density at radius 1 is 1.37 bits per heavy atom. The number of ether oxygens (including phenoxy) is 2. The van der Waals surface area contributed by atoms with E-state index in [4.69, 9.17) is 9.47 Å². The van der Waals surface area contributed by atoms with Crippen LogP contribution in [0.3, 0.4) is 0 Å². The van der Waals surface area contributed by atoms with Crippen molar-refractivity contribution in [3.8, 4) is 11.5 Å². The Kier molecular flexibility index (Phi) is 4.01. The molecule has 1 heterocycles. The highest BCUT2D eigenvalue weighted by atomic mass is 32.2. The first kappa shape index (κ1) is 14.1. The molecular weight excluding hydrogens is 268 g/mol. The standard InChI is InChI=1S/C13H18O5S/c1-9(14)5-10-3-4-12(13(6-10)17-2)18-11-7-19(15,16)8-11/h3-4,6,9,11,14H,5,7-8H2,1-2H3. The first-order valence-electron chi connectivity index (χ1n) is 6.11.